The number of fused-ring (bicyclic) bond motifs is 3. The van der Waals surface area contributed by atoms with E-state index in [-0.39, 0.29) is 18.4 Å². The Morgan fingerprint density at radius 3 is 2.87 bits per heavy atom. The SMILES string of the molecule is CC(C)Oc1ccc(COc2ccc3[nH]c4c(c3c2)CCC4CC(=O)O)cc1C#N. The molecule has 6 heteroatoms. The van der Waals surface area contributed by atoms with Gasteiger partial charge in [0.15, 0.2) is 0 Å². The molecule has 1 atom stereocenters. The molecule has 30 heavy (non-hydrogen) atoms. The summed E-state index contributed by atoms with van der Waals surface area (Å²) in [5, 5.41) is 19.6. The number of aliphatic carboxylic acids is 1. The topological polar surface area (TPSA) is 95.3 Å². The fourth-order valence-corrected chi connectivity index (χ4v) is 4.11. The van der Waals surface area contributed by atoms with Gasteiger partial charge in [0.25, 0.3) is 0 Å². The molecule has 6 nitrogen and oxygen atoms in total. The van der Waals surface area contributed by atoms with Gasteiger partial charge in [-0.2, -0.15) is 5.26 Å². The van der Waals surface area contributed by atoms with Crippen molar-refractivity contribution in [3.63, 3.8) is 0 Å². The van der Waals surface area contributed by atoms with Gasteiger partial charge >= 0.3 is 5.97 Å². The molecule has 1 aliphatic rings. The van der Waals surface area contributed by atoms with E-state index in [1.807, 2.05) is 44.2 Å². The molecule has 2 N–H and O–H groups in total. The lowest BCUT2D eigenvalue weighted by Crippen LogP contribution is -2.07. The highest BCUT2D eigenvalue weighted by atomic mass is 16.5. The highest BCUT2D eigenvalue weighted by Gasteiger charge is 2.28. The number of carboxylic acid groups (broad SMARTS) is 1. The molecule has 0 fully saturated rings. The van der Waals surface area contributed by atoms with E-state index >= 15 is 0 Å². The number of carbonyl (C=O) groups is 1. The van der Waals surface area contributed by atoms with Gasteiger partial charge in [-0.1, -0.05) is 6.07 Å². The highest BCUT2D eigenvalue weighted by molar-refractivity contribution is 5.87. The van der Waals surface area contributed by atoms with E-state index in [0.29, 0.717) is 17.9 Å². The Morgan fingerprint density at radius 1 is 1.30 bits per heavy atom. The first-order chi connectivity index (χ1) is 14.4. The largest absolute Gasteiger partial charge is 0.490 e. The molecule has 0 amide bonds. The Labute approximate surface area is 175 Å². The Balaban J connectivity index is 1.51. The van der Waals surface area contributed by atoms with E-state index in [1.54, 1.807) is 6.07 Å². The summed E-state index contributed by atoms with van der Waals surface area (Å²) >= 11 is 0. The number of nitriles is 1. The summed E-state index contributed by atoms with van der Waals surface area (Å²) in [6.07, 6.45) is 1.89. The standard InChI is InChI=1S/C24H24N2O4/c1-14(2)30-22-8-3-15(9-17(22)12-25)13-29-18-5-7-21-20(11-18)19-6-4-16(10-23(27)28)24(19)26-21/h3,5,7-9,11,14,16,26H,4,6,10,13H2,1-2H3,(H,27,28). The average molecular weight is 404 g/mol. The lowest BCUT2D eigenvalue weighted by molar-refractivity contribution is -0.137. The molecule has 0 radical (unpaired) electrons. The second-order valence-electron chi connectivity index (χ2n) is 7.96. The molecule has 0 spiro atoms. The van der Waals surface area contributed by atoms with Gasteiger partial charge in [0.2, 0.25) is 0 Å². The third kappa shape index (κ3) is 3.97. The van der Waals surface area contributed by atoms with Crippen LogP contribution in [-0.2, 0) is 17.8 Å². The fourth-order valence-electron chi connectivity index (χ4n) is 4.11. The van der Waals surface area contributed by atoms with Crippen LogP contribution in [0.25, 0.3) is 10.9 Å². The number of ether oxygens (including phenoxy) is 2. The predicted molar refractivity (Wildman–Crippen MR) is 113 cm³/mol. The Morgan fingerprint density at radius 2 is 2.13 bits per heavy atom. The summed E-state index contributed by atoms with van der Waals surface area (Å²) < 4.78 is 11.6. The zero-order valence-corrected chi connectivity index (χ0v) is 17.1. The van der Waals surface area contributed by atoms with Gasteiger partial charge in [-0.15, -0.1) is 0 Å². The van der Waals surface area contributed by atoms with Crippen LogP contribution in [0.5, 0.6) is 11.5 Å². The first kappa shape index (κ1) is 19.8. The molecule has 1 heterocycles. The first-order valence-corrected chi connectivity index (χ1v) is 10.1. The van der Waals surface area contributed by atoms with E-state index in [9.17, 15) is 10.1 Å². The minimum absolute atomic E-state index is 0.00380. The van der Waals surface area contributed by atoms with Crippen LogP contribution in [0, 0.1) is 11.3 Å². The van der Waals surface area contributed by atoms with Crippen LogP contribution in [0.4, 0.5) is 0 Å². The van der Waals surface area contributed by atoms with Crippen molar-refractivity contribution in [1.29, 1.82) is 5.26 Å². The van der Waals surface area contributed by atoms with Crippen LogP contribution < -0.4 is 9.47 Å². The number of hydrogen-bond donors (Lipinski definition) is 2. The zero-order valence-electron chi connectivity index (χ0n) is 17.1. The number of hydrogen-bond acceptors (Lipinski definition) is 4. The monoisotopic (exact) mass is 404 g/mol. The van der Waals surface area contributed by atoms with Crippen LogP contribution in [0.1, 0.15) is 55.0 Å². The third-order valence-corrected chi connectivity index (χ3v) is 5.42. The fraction of sp³-hybridized carbons (Fsp3) is 0.333. The van der Waals surface area contributed by atoms with Crippen molar-refractivity contribution in [3.05, 3.63) is 58.8 Å². The predicted octanol–water partition coefficient (Wildman–Crippen LogP) is 4.91. The van der Waals surface area contributed by atoms with Crippen molar-refractivity contribution in [2.45, 2.75) is 51.7 Å². The molecule has 0 saturated heterocycles. The minimum Gasteiger partial charge on any atom is -0.490 e. The van der Waals surface area contributed by atoms with Gasteiger partial charge in [-0.25, -0.2) is 0 Å². The molecule has 0 bridgehead atoms. The average Bonchev–Trinajstić information content (AvgIpc) is 3.26. The summed E-state index contributed by atoms with van der Waals surface area (Å²) in [5.41, 5.74) is 4.63. The van der Waals surface area contributed by atoms with Crippen LogP contribution in [0.2, 0.25) is 0 Å². The molecule has 1 aliphatic carbocycles. The van der Waals surface area contributed by atoms with Gasteiger partial charge in [-0.05, 0) is 68.1 Å². The summed E-state index contributed by atoms with van der Waals surface area (Å²) in [6.45, 7) is 4.20. The van der Waals surface area contributed by atoms with Crippen molar-refractivity contribution in [2.75, 3.05) is 0 Å². The van der Waals surface area contributed by atoms with Crippen LogP contribution >= 0.6 is 0 Å². The number of aromatic amines is 1. The van der Waals surface area contributed by atoms with E-state index in [0.717, 1.165) is 40.8 Å². The molecule has 1 unspecified atom stereocenters. The van der Waals surface area contributed by atoms with E-state index in [2.05, 4.69) is 11.1 Å². The maximum absolute atomic E-state index is 11.1. The van der Waals surface area contributed by atoms with Gasteiger partial charge < -0.3 is 19.6 Å². The van der Waals surface area contributed by atoms with Crippen molar-refractivity contribution in [1.82, 2.24) is 4.98 Å². The number of H-pyrrole nitrogens is 1. The van der Waals surface area contributed by atoms with E-state index in [4.69, 9.17) is 14.6 Å². The molecular weight excluding hydrogens is 380 g/mol. The molecule has 0 saturated carbocycles. The molecular formula is C24H24N2O4. The van der Waals surface area contributed by atoms with Crippen molar-refractivity contribution in [2.24, 2.45) is 0 Å². The molecule has 1 aromatic heterocycles. The van der Waals surface area contributed by atoms with Crippen molar-refractivity contribution < 1.29 is 19.4 Å². The number of rotatable bonds is 7. The Bertz CT molecular complexity index is 1140. The van der Waals surface area contributed by atoms with Gasteiger partial charge in [-0.3, -0.25) is 4.79 Å². The Kier molecular flexibility index (Phi) is 5.37. The van der Waals surface area contributed by atoms with Crippen LogP contribution in [0.15, 0.2) is 36.4 Å². The smallest absolute Gasteiger partial charge is 0.304 e. The molecule has 2 aromatic carbocycles. The lowest BCUT2D eigenvalue weighted by atomic mass is 10.0. The van der Waals surface area contributed by atoms with E-state index in [1.165, 1.54) is 5.56 Å². The first-order valence-electron chi connectivity index (χ1n) is 10.1. The molecule has 154 valence electrons. The lowest BCUT2D eigenvalue weighted by Gasteiger charge is -2.12. The second kappa shape index (κ2) is 8.11. The number of nitrogens with zero attached hydrogens (tertiary/aromatic N) is 1. The Hall–Kier alpha value is -3.46. The quantitative estimate of drug-likeness (QED) is 0.583. The second-order valence-corrected chi connectivity index (χ2v) is 7.96. The third-order valence-electron chi connectivity index (χ3n) is 5.42. The van der Waals surface area contributed by atoms with Gasteiger partial charge in [0.05, 0.1) is 18.1 Å². The molecule has 3 aromatic rings. The van der Waals surface area contributed by atoms with Crippen molar-refractivity contribution in [3.8, 4) is 17.6 Å². The van der Waals surface area contributed by atoms with Gasteiger partial charge in [0, 0.05) is 22.5 Å². The van der Waals surface area contributed by atoms with Gasteiger partial charge in [0.1, 0.15) is 24.2 Å². The molecule has 0 aliphatic heterocycles. The summed E-state index contributed by atoms with van der Waals surface area (Å²) in [4.78, 5) is 14.5. The number of aryl methyl sites for hydroxylation is 1. The highest BCUT2D eigenvalue weighted by Crippen LogP contribution is 2.40. The normalized spacial score (nSPS) is 15.2. The summed E-state index contributed by atoms with van der Waals surface area (Å²) in [7, 11) is 0. The van der Waals surface area contributed by atoms with Crippen LogP contribution in [-0.4, -0.2) is 22.2 Å². The maximum Gasteiger partial charge on any atom is 0.304 e. The number of aromatic nitrogens is 1. The number of nitrogens with one attached hydrogen (secondary N) is 1. The minimum atomic E-state index is -0.767. The maximum atomic E-state index is 11.1. The summed E-state index contributed by atoms with van der Waals surface area (Å²) in [5.74, 6) is 0.603. The molecule has 4 rings (SSSR count). The van der Waals surface area contributed by atoms with E-state index < -0.39 is 5.97 Å². The zero-order chi connectivity index (χ0) is 21.3. The number of carboxylic acids is 1. The number of benzene rings is 2. The van der Waals surface area contributed by atoms with Crippen molar-refractivity contribution >= 4 is 16.9 Å². The van der Waals surface area contributed by atoms with Crippen LogP contribution in [0.3, 0.4) is 0 Å². The summed E-state index contributed by atoms with van der Waals surface area (Å²) in [6, 6.07) is 13.6.